The van der Waals surface area contributed by atoms with Crippen molar-refractivity contribution in [1.82, 2.24) is 9.80 Å². The molecule has 19 heavy (non-hydrogen) atoms. The first kappa shape index (κ1) is 14.8. The van der Waals surface area contributed by atoms with E-state index in [9.17, 15) is 4.79 Å². The normalized spacial score (nSPS) is 24.2. The highest BCUT2D eigenvalue weighted by Crippen LogP contribution is 2.24. The molecular weight excluding hydrogens is 240 g/mol. The van der Waals surface area contributed by atoms with Crippen LogP contribution in [-0.2, 0) is 4.79 Å². The predicted octanol–water partition coefficient (Wildman–Crippen LogP) is 2.05. The summed E-state index contributed by atoms with van der Waals surface area (Å²) in [6, 6.07) is 0. The molecule has 0 amide bonds. The fourth-order valence-electron chi connectivity index (χ4n) is 3.42. The van der Waals surface area contributed by atoms with Crippen molar-refractivity contribution in [2.75, 3.05) is 39.3 Å². The summed E-state index contributed by atoms with van der Waals surface area (Å²) in [5.41, 5.74) is 0. The molecule has 4 nitrogen and oxygen atoms in total. The van der Waals surface area contributed by atoms with Crippen LogP contribution in [0.4, 0.5) is 0 Å². The van der Waals surface area contributed by atoms with Gasteiger partial charge in [0.15, 0.2) is 0 Å². The van der Waals surface area contributed by atoms with Crippen molar-refractivity contribution in [3.8, 4) is 0 Å². The molecule has 1 saturated carbocycles. The predicted molar refractivity (Wildman–Crippen MR) is 76.3 cm³/mol. The number of rotatable bonds is 5. The lowest BCUT2D eigenvalue weighted by molar-refractivity contribution is -0.137. The van der Waals surface area contributed by atoms with Crippen LogP contribution in [0.25, 0.3) is 0 Å². The van der Waals surface area contributed by atoms with Crippen molar-refractivity contribution in [2.45, 2.75) is 44.9 Å². The van der Waals surface area contributed by atoms with Crippen LogP contribution in [0, 0.1) is 5.92 Å². The molecule has 110 valence electrons. The molecule has 0 bridgehead atoms. The minimum absolute atomic E-state index is 0.280. The van der Waals surface area contributed by atoms with Crippen LogP contribution in [0.5, 0.6) is 0 Å². The van der Waals surface area contributed by atoms with E-state index in [2.05, 4.69) is 9.80 Å². The van der Waals surface area contributed by atoms with Gasteiger partial charge >= 0.3 is 5.97 Å². The molecule has 0 aromatic carbocycles. The average Bonchev–Trinajstić information content (AvgIpc) is 2.63. The summed E-state index contributed by atoms with van der Waals surface area (Å²) >= 11 is 0. The molecule has 1 heterocycles. The Hall–Kier alpha value is -0.610. The Labute approximate surface area is 116 Å². The average molecular weight is 268 g/mol. The fraction of sp³-hybridized carbons (Fsp3) is 0.933. The van der Waals surface area contributed by atoms with Crippen LogP contribution in [-0.4, -0.2) is 60.1 Å². The Morgan fingerprint density at radius 3 is 2.37 bits per heavy atom. The van der Waals surface area contributed by atoms with Gasteiger partial charge < -0.3 is 14.9 Å². The summed E-state index contributed by atoms with van der Waals surface area (Å²) in [6.07, 6.45) is 8.57. The van der Waals surface area contributed by atoms with Crippen molar-refractivity contribution in [1.29, 1.82) is 0 Å². The SMILES string of the molecule is O=C(O)CCN1CCCN(CC2CCCCC2)CC1. The number of aliphatic carboxylic acids is 1. The van der Waals surface area contributed by atoms with E-state index >= 15 is 0 Å². The minimum Gasteiger partial charge on any atom is -0.481 e. The molecule has 0 spiro atoms. The van der Waals surface area contributed by atoms with Gasteiger partial charge in [-0.3, -0.25) is 4.79 Å². The van der Waals surface area contributed by atoms with E-state index in [1.807, 2.05) is 0 Å². The van der Waals surface area contributed by atoms with Crippen LogP contribution in [0.3, 0.4) is 0 Å². The van der Waals surface area contributed by atoms with Crippen LogP contribution >= 0.6 is 0 Å². The zero-order valence-corrected chi connectivity index (χ0v) is 12.0. The molecule has 1 aliphatic heterocycles. The van der Waals surface area contributed by atoms with E-state index in [0.717, 1.165) is 25.6 Å². The maximum atomic E-state index is 10.6. The second kappa shape index (κ2) is 7.85. The van der Waals surface area contributed by atoms with Gasteiger partial charge in [0.25, 0.3) is 0 Å². The topological polar surface area (TPSA) is 43.8 Å². The summed E-state index contributed by atoms with van der Waals surface area (Å²) in [5.74, 6) is 0.239. The van der Waals surface area contributed by atoms with Gasteiger partial charge in [-0.05, 0) is 38.3 Å². The Morgan fingerprint density at radius 2 is 1.63 bits per heavy atom. The Bertz CT molecular complexity index is 277. The van der Waals surface area contributed by atoms with Gasteiger partial charge in [0.2, 0.25) is 0 Å². The molecule has 0 aromatic heterocycles. The Balaban J connectivity index is 1.68. The molecule has 0 unspecified atom stereocenters. The maximum absolute atomic E-state index is 10.6. The number of carbonyl (C=O) groups is 1. The zero-order valence-electron chi connectivity index (χ0n) is 12.0. The van der Waals surface area contributed by atoms with Gasteiger partial charge in [0, 0.05) is 26.2 Å². The lowest BCUT2D eigenvalue weighted by Gasteiger charge is -2.28. The van der Waals surface area contributed by atoms with Crippen molar-refractivity contribution in [3.63, 3.8) is 0 Å². The van der Waals surface area contributed by atoms with E-state index < -0.39 is 5.97 Å². The fourth-order valence-corrected chi connectivity index (χ4v) is 3.42. The molecule has 1 saturated heterocycles. The zero-order chi connectivity index (χ0) is 13.5. The van der Waals surface area contributed by atoms with Crippen LogP contribution in [0.1, 0.15) is 44.9 Å². The molecule has 0 aromatic rings. The van der Waals surface area contributed by atoms with E-state index in [4.69, 9.17) is 5.11 Å². The Kier molecular flexibility index (Phi) is 6.11. The van der Waals surface area contributed by atoms with Gasteiger partial charge in [0.05, 0.1) is 6.42 Å². The van der Waals surface area contributed by atoms with E-state index in [-0.39, 0.29) is 6.42 Å². The molecule has 2 aliphatic rings. The lowest BCUT2D eigenvalue weighted by Crippen LogP contribution is -2.35. The third-order valence-corrected chi connectivity index (χ3v) is 4.56. The largest absolute Gasteiger partial charge is 0.481 e. The third kappa shape index (κ3) is 5.49. The number of nitrogens with zero attached hydrogens (tertiary/aromatic N) is 2. The van der Waals surface area contributed by atoms with E-state index in [1.165, 1.54) is 51.6 Å². The molecule has 0 atom stereocenters. The lowest BCUT2D eigenvalue weighted by atomic mass is 9.89. The smallest absolute Gasteiger partial charge is 0.304 e. The van der Waals surface area contributed by atoms with Gasteiger partial charge in [-0.15, -0.1) is 0 Å². The first-order valence-electron chi connectivity index (χ1n) is 7.90. The standard InChI is InChI=1S/C15H28N2O2/c18-15(19)7-10-16-8-4-9-17(12-11-16)13-14-5-2-1-3-6-14/h14H,1-13H2,(H,18,19). The summed E-state index contributed by atoms with van der Waals surface area (Å²) in [7, 11) is 0. The molecule has 2 fully saturated rings. The number of hydrogen-bond donors (Lipinski definition) is 1. The highest BCUT2D eigenvalue weighted by Gasteiger charge is 2.20. The second-order valence-corrected chi connectivity index (χ2v) is 6.14. The van der Waals surface area contributed by atoms with Crippen LogP contribution in [0.15, 0.2) is 0 Å². The van der Waals surface area contributed by atoms with Gasteiger partial charge in [-0.25, -0.2) is 0 Å². The van der Waals surface area contributed by atoms with Crippen molar-refractivity contribution in [2.24, 2.45) is 5.92 Å². The molecule has 1 aliphatic carbocycles. The first-order chi connectivity index (χ1) is 9.24. The summed E-state index contributed by atoms with van der Waals surface area (Å²) < 4.78 is 0. The molecule has 1 N–H and O–H groups in total. The van der Waals surface area contributed by atoms with E-state index in [1.54, 1.807) is 0 Å². The van der Waals surface area contributed by atoms with Crippen molar-refractivity contribution >= 4 is 5.97 Å². The molecular formula is C15H28N2O2. The highest BCUT2D eigenvalue weighted by atomic mass is 16.4. The molecule has 0 radical (unpaired) electrons. The molecule has 4 heteroatoms. The van der Waals surface area contributed by atoms with Crippen LogP contribution < -0.4 is 0 Å². The van der Waals surface area contributed by atoms with Crippen LogP contribution in [0.2, 0.25) is 0 Å². The van der Waals surface area contributed by atoms with Gasteiger partial charge in [-0.2, -0.15) is 0 Å². The third-order valence-electron chi connectivity index (χ3n) is 4.56. The van der Waals surface area contributed by atoms with E-state index in [0.29, 0.717) is 6.54 Å². The quantitative estimate of drug-likeness (QED) is 0.829. The number of carboxylic acids is 1. The van der Waals surface area contributed by atoms with Crippen molar-refractivity contribution in [3.05, 3.63) is 0 Å². The monoisotopic (exact) mass is 268 g/mol. The number of hydrogen-bond acceptors (Lipinski definition) is 3. The van der Waals surface area contributed by atoms with Gasteiger partial charge in [0.1, 0.15) is 0 Å². The second-order valence-electron chi connectivity index (χ2n) is 6.14. The summed E-state index contributed by atoms with van der Waals surface area (Å²) in [5, 5.41) is 8.75. The summed E-state index contributed by atoms with van der Waals surface area (Å²) in [6.45, 7) is 6.41. The minimum atomic E-state index is -0.677. The van der Waals surface area contributed by atoms with Gasteiger partial charge in [-0.1, -0.05) is 19.3 Å². The first-order valence-corrected chi connectivity index (χ1v) is 7.90. The molecule has 2 rings (SSSR count). The maximum Gasteiger partial charge on any atom is 0.304 e. The highest BCUT2D eigenvalue weighted by molar-refractivity contribution is 5.66. The number of carboxylic acid groups (broad SMARTS) is 1. The Morgan fingerprint density at radius 1 is 0.947 bits per heavy atom. The summed E-state index contributed by atoms with van der Waals surface area (Å²) in [4.78, 5) is 15.5. The van der Waals surface area contributed by atoms with Crippen molar-refractivity contribution < 1.29 is 9.90 Å².